The van der Waals surface area contributed by atoms with Crippen molar-refractivity contribution in [2.24, 2.45) is 0 Å². The van der Waals surface area contributed by atoms with E-state index < -0.39 is 13.8 Å². The summed E-state index contributed by atoms with van der Waals surface area (Å²) in [5.41, 5.74) is 2.86. The zero-order valence-corrected chi connectivity index (χ0v) is 28.1. The van der Waals surface area contributed by atoms with E-state index in [2.05, 4.69) is 161 Å². The zero-order chi connectivity index (χ0) is 30.6. The summed E-state index contributed by atoms with van der Waals surface area (Å²) in [4.78, 5) is 0. The first kappa shape index (κ1) is 28.9. The van der Waals surface area contributed by atoms with Gasteiger partial charge in [0, 0.05) is 0 Å². The van der Waals surface area contributed by atoms with E-state index in [0.717, 1.165) is 12.3 Å². The summed E-state index contributed by atoms with van der Waals surface area (Å²) in [7, 11) is 0. The van der Waals surface area contributed by atoms with Crippen LogP contribution in [0.4, 0.5) is 0 Å². The summed E-state index contributed by atoms with van der Waals surface area (Å²) in [5.74, 6) is 0. The molecular formula is C42H40P2. The lowest BCUT2D eigenvalue weighted by molar-refractivity contribution is 1.42. The van der Waals surface area contributed by atoms with Gasteiger partial charge < -0.3 is 0 Å². The average molecular weight is 607 g/mol. The van der Waals surface area contributed by atoms with Gasteiger partial charge in [0.25, 0.3) is 0 Å². The zero-order valence-electron chi connectivity index (χ0n) is 26.3. The third kappa shape index (κ3) is 5.48. The average Bonchev–Trinajstić information content (AvgIpc) is 2.99. The van der Waals surface area contributed by atoms with Gasteiger partial charge in [-0.25, -0.2) is 0 Å². The smallest absolute Gasteiger partial charge is 0.00239 e. The molecule has 8 aromatic carbocycles. The van der Waals surface area contributed by atoms with Gasteiger partial charge in [-0.05, 0) is 115 Å². The molecule has 2 heteroatoms. The van der Waals surface area contributed by atoms with Crippen molar-refractivity contribution in [1.82, 2.24) is 0 Å². The van der Waals surface area contributed by atoms with Crippen LogP contribution >= 0.6 is 13.8 Å². The highest BCUT2D eigenvalue weighted by Gasteiger charge is 2.13. The third-order valence-corrected chi connectivity index (χ3v) is 11.1. The Morgan fingerprint density at radius 1 is 0.409 bits per heavy atom. The number of rotatable bonds is 4. The molecular weight excluding hydrogens is 566 g/mol. The van der Waals surface area contributed by atoms with E-state index in [1.807, 2.05) is 0 Å². The maximum absolute atomic E-state index is 4.39. The monoisotopic (exact) mass is 606 g/mol. The van der Waals surface area contributed by atoms with E-state index >= 15 is 0 Å². The van der Waals surface area contributed by atoms with E-state index in [-0.39, 0.29) is 0 Å². The van der Waals surface area contributed by atoms with Crippen LogP contribution in [0.3, 0.4) is 0 Å². The second-order valence-corrected chi connectivity index (χ2v) is 22.1. The Bertz CT molecular complexity index is 2380. The molecule has 44 heavy (non-hydrogen) atoms. The van der Waals surface area contributed by atoms with Crippen molar-refractivity contribution in [1.29, 1.82) is 0 Å². The van der Waals surface area contributed by atoms with Gasteiger partial charge in [0.2, 0.25) is 0 Å². The summed E-state index contributed by atoms with van der Waals surface area (Å²) in [5, 5.41) is 16.4. The molecule has 0 aromatic heterocycles. The largest absolute Gasteiger partial charge is 0.114 e. The van der Waals surface area contributed by atoms with E-state index in [1.54, 1.807) is 0 Å². The van der Waals surface area contributed by atoms with Crippen LogP contribution in [-0.4, -0.2) is 39.3 Å². The first-order valence-electron chi connectivity index (χ1n) is 15.4. The van der Waals surface area contributed by atoms with Gasteiger partial charge in [-0.2, -0.15) is 0 Å². The molecule has 0 saturated heterocycles. The Morgan fingerprint density at radius 3 is 1.43 bits per heavy atom. The van der Waals surface area contributed by atoms with Crippen molar-refractivity contribution >= 4 is 91.0 Å². The van der Waals surface area contributed by atoms with Crippen molar-refractivity contribution in [3.8, 4) is 0 Å². The highest BCUT2D eigenvalue weighted by atomic mass is 31.2. The molecule has 218 valence electrons. The highest BCUT2D eigenvalue weighted by molar-refractivity contribution is 7.71. The SMILES string of the molecule is C=P(C)(C)Cc1ccc2c3ccccc3c3ccccc3c2c1.C=P(C)(C)Cc1ccc2ccc3cccc4ccc1c2c34. The Kier molecular flexibility index (Phi) is 7.21. The Hall–Kier alpha value is -3.82. The van der Waals surface area contributed by atoms with E-state index in [9.17, 15) is 0 Å². The van der Waals surface area contributed by atoms with Crippen molar-refractivity contribution in [3.05, 3.63) is 132 Å². The molecule has 0 aliphatic heterocycles. The van der Waals surface area contributed by atoms with Crippen LogP contribution in [0.15, 0.2) is 121 Å². The van der Waals surface area contributed by atoms with Crippen molar-refractivity contribution in [3.63, 3.8) is 0 Å². The van der Waals surface area contributed by atoms with Crippen LogP contribution < -0.4 is 0 Å². The molecule has 0 spiro atoms. The number of hydrogen-bond donors (Lipinski definition) is 0. The molecule has 0 atom stereocenters. The van der Waals surface area contributed by atoms with Crippen molar-refractivity contribution in [2.75, 3.05) is 26.7 Å². The van der Waals surface area contributed by atoms with Crippen molar-refractivity contribution < 1.29 is 0 Å². The Balaban J connectivity index is 0.000000143. The van der Waals surface area contributed by atoms with Crippen molar-refractivity contribution in [2.45, 2.75) is 12.3 Å². The number of fused-ring (bicyclic) bond motifs is 6. The molecule has 0 nitrogen and oxygen atoms in total. The van der Waals surface area contributed by atoms with Gasteiger partial charge in [-0.3, -0.25) is 0 Å². The highest BCUT2D eigenvalue weighted by Crippen LogP contribution is 2.44. The fraction of sp³-hybridized carbons (Fsp3) is 0.143. The van der Waals surface area contributed by atoms with Crippen LogP contribution in [-0.2, 0) is 12.3 Å². The number of benzene rings is 8. The van der Waals surface area contributed by atoms with Crippen LogP contribution in [0.2, 0.25) is 0 Å². The molecule has 0 bridgehead atoms. The topological polar surface area (TPSA) is 0 Å². The first-order chi connectivity index (χ1) is 21.1. The van der Waals surface area contributed by atoms with E-state index in [0.29, 0.717) is 0 Å². The predicted octanol–water partition coefficient (Wildman–Crippen LogP) is 12.1. The summed E-state index contributed by atoms with van der Waals surface area (Å²) < 4.78 is 0. The van der Waals surface area contributed by atoms with Gasteiger partial charge in [-0.15, -0.1) is 26.4 Å². The minimum atomic E-state index is -1.08. The molecule has 0 fully saturated rings. The van der Waals surface area contributed by atoms with Crippen LogP contribution in [0.25, 0.3) is 64.6 Å². The maximum atomic E-state index is 4.39. The maximum Gasteiger partial charge on any atom is -0.00239 e. The quantitative estimate of drug-likeness (QED) is 0.138. The van der Waals surface area contributed by atoms with Crippen LogP contribution in [0.1, 0.15) is 11.1 Å². The standard InChI is InChI=1S/C22H21P.C20H19P/c1-23(2,3)15-16-12-13-21-19-10-5-4-8-17(19)18-9-6-7-11-20(18)22(21)14-16;1-21(2,3)13-17-10-9-16-8-7-14-5-4-6-15-11-12-18(17)20(16)19(14)15/h4-14H,1,15H2,2-3H3;4-12H,1,13H2,2-3H3. The molecule has 0 heterocycles. The molecule has 0 radical (unpaired) electrons. The van der Waals surface area contributed by atoms with Gasteiger partial charge in [0.05, 0.1) is 0 Å². The molecule has 8 rings (SSSR count). The van der Waals surface area contributed by atoms with Crippen LogP contribution in [0.5, 0.6) is 0 Å². The van der Waals surface area contributed by atoms with E-state index in [4.69, 9.17) is 0 Å². The summed E-state index contributed by atoms with van der Waals surface area (Å²) in [6.45, 7) is 7.07. The Morgan fingerprint density at radius 2 is 0.864 bits per heavy atom. The lowest BCUT2D eigenvalue weighted by atomic mass is 9.92. The molecule has 0 N–H and O–H groups in total. The lowest BCUT2D eigenvalue weighted by Gasteiger charge is -2.17. The normalized spacial score (nSPS) is 12.5. The second-order valence-electron chi connectivity index (χ2n) is 13.7. The minimum absolute atomic E-state index is 1.07. The third-order valence-electron chi connectivity index (χ3n) is 8.64. The second kappa shape index (κ2) is 11.0. The molecule has 0 amide bonds. The minimum Gasteiger partial charge on any atom is -0.114 e. The fourth-order valence-electron chi connectivity index (χ4n) is 6.94. The molecule has 0 saturated carbocycles. The van der Waals surface area contributed by atoms with Gasteiger partial charge >= 0.3 is 0 Å². The number of hydrogen-bond acceptors (Lipinski definition) is 0. The van der Waals surface area contributed by atoms with E-state index in [1.165, 1.54) is 75.8 Å². The first-order valence-corrected chi connectivity index (χ1v) is 21.5. The van der Waals surface area contributed by atoms with Gasteiger partial charge in [0.1, 0.15) is 0 Å². The molecule has 8 aromatic rings. The summed E-state index contributed by atoms with van der Waals surface area (Å²) in [6, 6.07) is 44.7. The Labute approximate surface area is 261 Å². The predicted molar refractivity (Wildman–Crippen MR) is 208 cm³/mol. The summed E-state index contributed by atoms with van der Waals surface area (Å²) >= 11 is 0. The molecule has 0 aliphatic carbocycles. The van der Waals surface area contributed by atoms with Gasteiger partial charge in [-0.1, -0.05) is 121 Å². The van der Waals surface area contributed by atoms with Gasteiger partial charge in [0.15, 0.2) is 0 Å². The summed E-state index contributed by atoms with van der Waals surface area (Å²) in [6.07, 6.45) is 11.0. The van der Waals surface area contributed by atoms with Crippen LogP contribution in [0, 0.1) is 0 Å². The molecule has 0 unspecified atom stereocenters. The lowest BCUT2D eigenvalue weighted by Crippen LogP contribution is -1.91. The molecule has 0 aliphatic rings. The fourth-order valence-corrected chi connectivity index (χ4v) is 9.33.